The maximum atomic E-state index is 12.9. The van der Waals surface area contributed by atoms with Gasteiger partial charge in [0, 0.05) is 26.7 Å². The lowest BCUT2D eigenvalue weighted by atomic mass is 9.94. The summed E-state index contributed by atoms with van der Waals surface area (Å²) >= 11 is 0. The highest BCUT2D eigenvalue weighted by Gasteiger charge is 2.29. The summed E-state index contributed by atoms with van der Waals surface area (Å²) < 4.78 is 37.5. The Morgan fingerprint density at radius 2 is 1.95 bits per heavy atom. The predicted octanol–water partition coefficient (Wildman–Crippen LogP) is 1.85. The summed E-state index contributed by atoms with van der Waals surface area (Å²) in [5.41, 5.74) is 1.10. The fourth-order valence-electron chi connectivity index (χ4n) is 2.40. The van der Waals surface area contributed by atoms with Crippen molar-refractivity contribution in [2.45, 2.75) is 18.9 Å². The molecule has 1 atom stereocenters. The van der Waals surface area contributed by atoms with E-state index in [0.29, 0.717) is 12.5 Å². The third kappa shape index (κ3) is 3.56. The third-order valence-corrected chi connectivity index (χ3v) is 5.71. The molecule has 2 rings (SSSR count). The summed E-state index contributed by atoms with van der Waals surface area (Å²) in [6, 6.07) is 6.87. The first-order chi connectivity index (χ1) is 9.40. The van der Waals surface area contributed by atoms with E-state index < -0.39 is 10.0 Å². The number of likely N-dealkylation sites (tertiary alicyclic amines) is 1. The largest absolute Gasteiger partial charge is 0.296 e. The predicted molar refractivity (Wildman–Crippen MR) is 77.4 cm³/mol. The van der Waals surface area contributed by atoms with Crippen molar-refractivity contribution < 1.29 is 12.8 Å². The smallest absolute Gasteiger partial charge is 0.213 e. The van der Waals surface area contributed by atoms with Crippen LogP contribution >= 0.6 is 0 Å². The van der Waals surface area contributed by atoms with Gasteiger partial charge >= 0.3 is 0 Å². The number of rotatable bonds is 6. The molecule has 0 aromatic heterocycles. The van der Waals surface area contributed by atoms with Gasteiger partial charge < -0.3 is 0 Å². The van der Waals surface area contributed by atoms with E-state index in [-0.39, 0.29) is 11.6 Å². The molecular formula is C14H21FN2O2S. The first kappa shape index (κ1) is 15.4. The fourth-order valence-corrected chi connectivity index (χ4v) is 3.26. The molecule has 112 valence electrons. The first-order valence-electron chi connectivity index (χ1n) is 6.80. The second kappa shape index (κ2) is 6.20. The van der Waals surface area contributed by atoms with E-state index in [9.17, 15) is 12.8 Å². The Hall–Kier alpha value is -0.980. The van der Waals surface area contributed by atoms with Crippen molar-refractivity contribution in [1.29, 1.82) is 0 Å². The summed E-state index contributed by atoms with van der Waals surface area (Å²) in [5, 5.41) is 0. The maximum absolute atomic E-state index is 12.9. The summed E-state index contributed by atoms with van der Waals surface area (Å²) in [5.74, 6) is -0.0520. The van der Waals surface area contributed by atoms with E-state index in [2.05, 4.69) is 4.90 Å². The van der Waals surface area contributed by atoms with Crippen molar-refractivity contribution in [2.24, 2.45) is 0 Å². The van der Waals surface area contributed by atoms with E-state index in [1.165, 1.54) is 16.4 Å². The number of sulfonamides is 1. The molecule has 1 aliphatic heterocycles. The molecule has 1 saturated heterocycles. The lowest BCUT2D eigenvalue weighted by molar-refractivity contribution is 0.0912. The third-order valence-electron chi connectivity index (χ3n) is 3.79. The average molecular weight is 300 g/mol. The van der Waals surface area contributed by atoms with E-state index in [4.69, 9.17) is 0 Å². The van der Waals surface area contributed by atoms with Crippen LogP contribution in [0.25, 0.3) is 0 Å². The summed E-state index contributed by atoms with van der Waals surface area (Å²) in [7, 11) is 0.00303. The van der Waals surface area contributed by atoms with E-state index in [0.717, 1.165) is 25.1 Å². The number of nitrogens with zero attached hydrogens (tertiary/aromatic N) is 2. The molecule has 20 heavy (non-hydrogen) atoms. The van der Waals surface area contributed by atoms with Gasteiger partial charge in [0.15, 0.2) is 0 Å². The van der Waals surface area contributed by atoms with Crippen LogP contribution in [0.5, 0.6) is 0 Å². The lowest BCUT2D eigenvalue weighted by Gasteiger charge is -2.41. The van der Waals surface area contributed by atoms with Crippen LogP contribution in [0.1, 0.15) is 24.4 Å². The zero-order chi connectivity index (χ0) is 14.8. The van der Waals surface area contributed by atoms with Crippen LogP contribution in [0, 0.1) is 5.82 Å². The molecule has 0 aliphatic carbocycles. The summed E-state index contributed by atoms with van der Waals surface area (Å²) in [6.45, 7) is 1.74. The normalized spacial score (nSPS) is 20.1. The Labute approximate surface area is 120 Å². The molecular weight excluding hydrogens is 279 g/mol. The number of benzene rings is 1. The van der Waals surface area contributed by atoms with Crippen molar-refractivity contribution in [1.82, 2.24) is 9.21 Å². The Morgan fingerprint density at radius 1 is 1.30 bits per heavy atom. The molecule has 1 aliphatic rings. The van der Waals surface area contributed by atoms with Crippen LogP contribution in [0.15, 0.2) is 24.3 Å². The zero-order valence-electron chi connectivity index (χ0n) is 11.9. The van der Waals surface area contributed by atoms with Gasteiger partial charge in [-0.3, -0.25) is 4.90 Å². The Kier molecular flexibility index (Phi) is 4.78. The first-order valence-corrected chi connectivity index (χ1v) is 8.41. The van der Waals surface area contributed by atoms with E-state index >= 15 is 0 Å². The van der Waals surface area contributed by atoms with Crippen LogP contribution in [0.2, 0.25) is 0 Å². The molecule has 0 N–H and O–H groups in total. The molecule has 1 heterocycles. The molecule has 1 aromatic carbocycles. The van der Waals surface area contributed by atoms with Gasteiger partial charge in [0.05, 0.1) is 5.75 Å². The van der Waals surface area contributed by atoms with Gasteiger partial charge in [0.25, 0.3) is 0 Å². The van der Waals surface area contributed by atoms with Crippen molar-refractivity contribution in [3.63, 3.8) is 0 Å². The standard InChI is InChI=1S/C14H21FN2O2S/c1-16(2)20(18,19)11-3-9-17-10-8-14(17)12-4-6-13(15)7-5-12/h4-7,14H,3,8-11H2,1-2H3/t14-/m0/s1. The molecule has 4 nitrogen and oxygen atoms in total. The summed E-state index contributed by atoms with van der Waals surface area (Å²) in [6.07, 6.45) is 1.67. The lowest BCUT2D eigenvalue weighted by Crippen LogP contribution is -2.42. The SMILES string of the molecule is CN(C)S(=O)(=O)CCCN1CC[C@H]1c1ccc(F)cc1. The molecule has 0 unspecified atom stereocenters. The topological polar surface area (TPSA) is 40.6 Å². The van der Waals surface area contributed by atoms with Gasteiger partial charge in [-0.25, -0.2) is 17.1 Å². The highest BCUT2D eigenvalue weighted by atomic mass is 32.2. The highest BCUT2D eigenvalue weighted by molar-refractivity contribution is 7.89. The highest BCUT2D eigenvalue weighted by Crippen LogP contribution is 2.33. The van der Waals surface area contributed by atoms with Crippen LogP contribution in [0.4, 0.5) is 4.39 Å². The minimum atomic E-state index is -3.11. The van der Waals surface area contributed by atoms with Gasteiger partial charge in [-0.15, -0.1) is 0 Å². The second-order valence-corrected chi connectivity index (χ2v) is 7.65. The minimum absolute atomic E-state index is 0.173. The average Bonchev–Trinajstić information content (AvgIpc) is 2.35. The van der Waals surface area contributed by atoms with Crippen LogP contribution in [-0.4, -0.2) is 50.6 Å². The molecule has 1 aromatic rings. The van der Waals surface area contributed by atoms with Crippen LogP contribution in [0.3, 0.4) is 0 Å². The zero-order valence-corrected chi connectivity index (χ0v) is 12.7. The molecule has 0 spiro atoms. The van der Waals surface area contributed by atoms with Crippen molar-refractivity contribution in [2.75, 3.05) is 32.9 Å². The number of hydrogen-bond donors (Lipinski definition) is 0. The van der Waals surface area contributed by atoms with E-state index in [1.54, 1.807) is 14.1 Å². The molecule has 6 heteroatoms. The van der Waals surface area contributed by atoms with Crippen molar-refractivity contribution in [3.05, 3.63) is 35.6 Å². The number of halogens is 1. The Bertz CT molecular complexity index is 543. The van der Waals surface area contributed by atoms with Crippen LogP contribution < -0.4 is 0 Å². The van der Waals surface area contributed by atoms with Gasteiger partial charge in [0.2, 0.25) is 10.0 Å². The number of hydrogen-bond acceptors (Lipinski definition) is 3. The molecule has 0 saturated carbocycles. The Morgan fingerprint density at radius 3 is 2.45 bits per heavy atom. The molecule has 0 bridgehead atoms. The summed E-state index contributed by atoms with van der Waals surface area (Å²) in [4.78, 5) is 2.25. The minimum Gasteiger partial charge on any atom is -0.296 e. The van der Waals surface area contributed by atoms with Gasteiger partial charge in [-0.1, -0.05) is 12.1 Å². The van der Waals surface area contributed by atoms with Gasteiger partial charge in [-0.2, -0.15) is 0 Å². The maximum Gasteiger partial charge on any atom is 0.213 e. The quantitative estimate of drug-likeness (QED) is 0.805. The van der Waals surface area contributed by atoms with Crippen molar-refractivity contribution in [3.8, 4) is 0 Å². The van der Waals surface area contributed by atoms with Gasteiger partial charge in [-0.05, 0) is 37.1 Å². The molecule has 1 fully saturated rings. The fraction of sp³-hybridized carbons (Fsp3) is 0.571. The molecule has 0 radical (unpaired) electrons. The monoisotopic (exact) mass is 300 g/mol. The van der Waals surface area contributed by atoms with Gasteiger partial charge in [0.1, 0.15) is 5.82 Å². The molecule has 0 amide bonds. The Balaban J connectivity index is 1.84. The van der Waals surface area contributed by atoms with Crippen LogP contribution in [-0.2, 0) is 10.0 Å². The van der Waals surface area contributed by atoms with E-state index in [1.807, 2.05) is 12.1 Å². The van der Waals surface area contributed by atoms with Crippen molar-refractivity contribution >= 4 is 10.0 Å². The second-order valence-electron chi connectivity index (χ2n) is 5.34.